The minimum Gasteiger partial charge on any atom is -0.493 e. The number of hydrazone groups is 1. The summed E-state index contributed by atoms with van der Waals surface area (Å²) in [7, 11) is 1.60. The van der Waals surface area contributed by atoms with Crippen LogP contribution in [-0.4, -0.2) is 25.0 Å². The van der Waals surface area contributed by atoms with Gasteiger partial charge in [-0.3, -0.25) is 5.43 Å². The lowest BCUT2D eigenvalue weighted by Crippen LogP contribution is -2.31. The zero-order valence-electron chi connectivity index (χ0n) is 14.1. The maximum atomic E-state index is 6.01. The molecular weight excluding hydrogens is 358 g/mol. The number of nitrogens with one attached hydrogen (secondary N) is 2. The molecule has 25 heavy (non-hydrogen) atoms. The molecule has 0 unspecified atom stereocenters. The minimum atomic E-state index is 0.366. The molecular formula is C18H20ClN3O2S. The van der Waals surface area contributed by atoms with Gasteiger partial charge in [-0.25, -0.2) is 0 Å². The fourth-order valence-electron chi connectivity index (χ4n) is 2.09. The first-order chi connectivity index (χ1) is 12.1. The number of halogens is 1. The number of hydrogen-bond donors (Lipinski definition) is 2. The van der Waals surface area contributed by atoms with Crippen molar-refractivity contribution in [2.24, 2.45) is 5.10 Å². The highest BCUT2D eigenvalue weighted by atomic mass is 35.5. The van der Waals surface area contributed by atoms with Gasteiger partial charge in [-0.15, -0.1) is 0 Å². The van der Waals surface area contributed by atoms with Crippen molar-refractivity contribution in [1.82, 2.24) is 10.7 Å². The van der Waals surface area contributed by atoms with E-state index in [1.54, 1.807) is 13.3 Å². The van der Waals surface area contributed by atoms with E-state index in [-0.39, 0.29) is 0 Å². The van der Waals surface area contributed by atoms with E-state index in [4.69, 9.17) is 33.3 Å². The predicted molar refractivity (Wildman–Crippen MR) is 106 cm³/mol. The largest absolute Gasteiger partial charge is 0.493 e. The number of methoxy groups -OCH3 is 1. The van der Waals surface area contributed by atoms with E-state index in [0.29, 0.717) is 28.2 Å². The Morgan fingerprint density at radius 2 is 2.08 bits per heavy atom. The Labute approximate surface area is 158 Å². The normalized spacial score (nSPS) is 10.5. The summed E-state index contributed by atoms with van der Waals surface area (Å²) in [4.78, 5) is 0. The fraction of sp³-hybridized carbons (Fsp3) is 0.222. The van der Waals surface area contributed by atoms with Crippen molar-refractivity contribution in [1.29, 1.82) is 0 Å². The molecule has 0 aromatic heterocycles. The van der Waals surface area contributed by atoms with Gasteiger partial charge in [-0.05, 0) is 49.0 Å². The summed E-state index contributed by atoms with van der Waals surface area (Å²) in [6.45, 7) is 3.06. The summed E-state index contributed by atoms with van der Waals surface area (Å²) < 4.78 is 11.3. The van der Waals surface area contributed by atoms with Crippen LogP contribution in [0.2, 0.25) is 5.02 Å². The highest BCUT2D eigenvalue weighted by molar-refractivity contribution is 7.80. The number of thiocarbonyl (C=S) groups is 1. The van der Waals surface area contributed by atoms with Crippen molar-refractivity contribution in [3.8, 4) is 11.5 Å². The van der Waals surface area contributed by atoms with Gasteiger partial charge in [0.15, 0.2) is 16.6 Å². The van der Waals surface area contributed by atoms with Crippen LogP contribution in [0.3, 0.4) is 0 Å². The fourth-order valence-corrected chi connectivity index (χ4v) is 2.50. The highest BCUT2D eigenvalue weighted by Crippen LogP contribution is 2.31. The lowest BCUT2D eigenvalue weighted by atomic mass is 10.2. The quantitative estimate of drug-likeness (QED) is 0.437. The summed E-state index contributed by atoms with van der Waals surface area (Å²) in [6.07, 6.45) is 1.64. The van der Waals surface area contributed by atoms with Gasteiger partial charge in [0.25, 0.3) is 0 Å². The maximum absolute atomic E-state index is 6.01. The van der Waals surface area contributed by atoms with Gasteiger partial charge in [0, 0.05) is 17.1 Å². The molecule has 0 radical (unpaired) electrons. The summed E-state index contributed by atoms with van der Waals surface area (Å²) in [5.41, 5.74) is 4.49. The first-order valence-electron chi connectivity index (χ1n) is 7.75. The summed E-state index contributed by atoms with van der Waals surface area (Å²) in [6, 6.07) is 13.1. The van der Waals surface area contributed by atoms with Gasteiger partial charge in [0.2, 0.25) is 0 Å². The molecule has 5 nitrogen and oxygen atoms in total. The molecule has 2 aromatic rings. The molecule has 0 aliphatic rings. The van der Waals surface area contributed by atoms with Crippen molar-refractivity contribution >= 4 is 35.1 Å². The van der Waals surface area contributed by atoms with Gasteiger partial charge in [-0.1, -0.05) is 29.8 Å². The van der Waals surface area contributed by atoms with Crippen LogP contribution in [0.25, 0.3) is 0 Å². The molecule has 0 aliphatic heterocycles. The number of ether oxygens (including phenoxy) is 2. The third kappa shape index (κ3) is 5.92. The number of hydrogen-bond acceptors (Lipinski definition) is 4. The van der Waals surface area contributed by atoms with E-state index in [9.17, 15) is 0 Å². The Morgan fingerprint density at radius 1 is 1.28 bits per heavy atom. The Morgan fingerprint density at radius 3 is 2.80 bits per heavy atom. The lowest BCUT2D eigenvalue weighted by Gasteiger charge is -2.13. The number of para-hydroxylation sites is 1. The smallest absolute Gasteiger partial charge is 0.186 e. The average Bonchev–Trinajstić information content (AvgIpc) is 2.60. The van der Waals surface area contributed by atoms with E-state index in [1.807, 2.05) is 49.4 Å². The Balaban J connectivity index is 2.14. The van der Waals surface area contributed by atoms with Gasteiger partial charge in [0.1, 0.15) is 6.61 Å². The second-order valence-corrected chi connectivity index (χ2v) is 5.87. The van der Waals surface area contributed by atoms with Gasteiger partial charge < -0.3 is 14.8 Å². The van der Waals surface area contributed by atoms with Crippen molar-refractivity contribution in [3.05, 3.63) is 58.6 Å². The van der Waals surface area contributed by atoms with E-state index >= 15 is 0 Å². The number of rotatable bonds is 7. The first kappa shape index (κ1) is 19.0. The molecule has 0 bridgehead atoms. The topological polar surface area (TPSA) is 54.9 Å². The van der Waals surface area contributed by atoms with Crippen molar-refractivity contribution in [3.63, 3.8) is 0 Å². The molecule has 0 saturated carbocycles. The van der Waals surface area contributed by atoms with Crippen molar-refractivity contribution in [2.45, 2.75) is 13.5 Å². The Hall–Kier alpha value is -2.31. The summed E-state index contributed by atoms with van der Waals surface area (Å²) >= 11 is 11.1. The molecule has 0 spiro atoms. The Bertz CT molecular complexity index is 753. The van der Waals surface area contributed by atoms with Crippen LogP contribution in [0, 0.1) is 0 Å². The molecule has 2 N–H and O–H groups in total. The zero-order valence-corrected chi connectivity index (χ0v) is 15.7. The third-order valence-corrected chi connectivity index (χ3v) is 3.68. The van der Waals surface area contributed by atoms with E-state index in [0.717, 1.165) is 17.7 Å². The molecule has 0 fully saturated rings. The Kier molecular flexibility index (Phi) is 7.50. The van der Waals surface area contributed by atoms with Crippen LogP contribution in [0.15, 0.2) is 47.6 Å². The molecule has 0 saturated heterocycles. The molecule has 2 aromatic carbocycles. The second kappa shape index (κ2) is 9.86. The SMILES string of the molecule is CCNC(=S)NN=Cc1cccc(OC)c1OCc1cccc(Cl)c1. The van der Waals surface area contributed by atoms with Crippen LogP contribution in [-0.2, 0) is 6.61 Å². The highest BCUT2D eigenvalue weighted by Gasteiger charge is 2.10. The van der Waals surface area contributed by atoms with Gasteiger partial charge in [-0.2, -0.15) is 5.10 Å². The van der Waals surface area contributed by atoms with Crippen molar-refractivity contribution < 1.29 is 9.47 Å². The van der Waals surface area contributed by atoms with Crippen LogP contribution in [0.1, 0.15) is 18.1 Å². The molecule has 7 heteroatoms. The lowest BCUT2D eigenvalue weighted by molar-refractivity contribution is 0.284. The van der Waals surface area contributed by atoms with Gasteiger partial charge in [0.05, 0.1) is 13.3 Å². The predicted octanol–water partition coefficient (Wildman–Crippen LogP) is 3.75. The minimum absolute atomic E-state index is 0.366. The summed E-state index contributed by atoms with van der Waals surface area (Å²) in [5.74, 6) is 1.23. The van der Waals surface area contributed by atoms with Gasteiger partial charge >= 0.3 is 0 Å². The molecule has 0 amide bonds. The first-order valence-corrected chi connectivity index (χ1v) is 8.53. The standard InChI is InChI=1S/C18H20ClN3O2S/c1-3-20-18(25)22-21-11-14-7-5-9-16(23-2)17(14)24-12-13-6-4-8-15(19)10-13/h4-11H,3,12H2,1-2H3,(H2,20,22,25). The number of benzene rings is 2. The monoisotopic (exact) mass is 377 g/mol. The van der Waals surface area contributed by atoms with E-state index in [2.05, 4.69) is 15.8 Å². The number of nitrogens with zero attached hydrogens (tertiary/aromatic N) is 1. The van der Waals surface area contributed by atoms with E-state index in [1.165, 1.54) is 0 Å². The van der Waals surface area contributed by atoms with Crippen LogP contribution >= 0.6 is 23.8 Å². The molecule has 0 atom stereocenters. The third-order valence-electron chi connectivity index (χ3n) is 3.21. The maximum Gasteiger partial charge on any atom is 0.186 e. The van der Waals surface area contributed by atoms with Crippen molar-refractivity contribution in [2.75, 3.05) is 13.7 Å². The van der Waals surface area contributed by atoms with Crippen LogP contribution < -0.4 is 20.2 Å². The van der Waals surface area contributed by atoms with Crippen LogP contribution in [0.5, 0.6) is 11.5 Å². The molecule has 0 aliphatic carbocycles. The average molecular weight is 378 g/mol. The zero-order chi connectivity index (χ0) is 18.1. The molecule has 132 valence electrons. The second-order valence-electron chi connectivity index (χ2n) is 5.03. The van der Waals surface area contributed by atoms with E-state index < -0.39 is 0 Å². The summed E-state index contributed by atoms with van der Waals surface area (Å²) in [5, 5.41) is 8.22. The molecule has 0 heterocycles. The van der Waals surface area contributed by atoms with Crippen LogP contribution in [0.4, 0.5) is 0 Å². The molecule has 2 rings (SSSR count).